The van der Waals surface area contributed by atoms with Crippen molar-refractivity contribution in [1.82, 2.24) is 0 Å². The number of unbranched alkanes of at least 4 members (excludes halogenated alkanes) is 8. The molecule has 0 aromatic heterocycles. The summed E-state index contributed by atoms with van der Waals surface area (Å²) >= 11 is 2.09. The number of hydrogen-bond donors (Lipinski definition) is 0. The Kier molecular flexibility index (Phi) is 15.6. The minimum atomic E-state index is 0.377. The number of ether oxygens (including phenoxy) is 1. The van der Waals surface area contributed by atoms with Gasteiger partial charge in [0.2, 0.25) is 0 Å². The number of benzene rings is 1. The van der Waals surface area contributed by atoms with Crippen LogP contribution in [0.15, 0.2) is 30.3 Å². The molecule has 0 spiro atoms. The maximum absolute atomic E-state index is 5.55. The Bertz CT molecular complexity index is 472. The van der Waals surface area contributed by atoms with Crippen LogP contribution in [0.3, 0.4) is 0 Å². The first-order valence-corrected chi connectivity index (χ1v) is 11.7. The fourth-order valence-corrected chi connectivity index (χ4v) is 3.68. The highest BCUT2D eigenvalue weighted by atomic mass is 32.2. The van der Waals surface area contributed by atoms with Gasteiger partial charge in [-0.25, -0.2) is 0 Å². The molecule has 0 saturated heterocycles. The predicted molar refractivity (Wildman–Crippen MR) is 118 cm³/mol. The van der Waals surface area contributed by atoms with Crippen molar-refractivity contribution in [2.24, 2.45) is 0 Å². The molecule has 1 aromatic carbocycles. The predicted octanol–water partition coefficient (Wildman–Crippen LogP) is 7.10. The molecule has 0 amide bonds. The van der Waals surface area contributed by atoms with E-state index < -0.39 is 0 Å². The van der Waals surface area contributed by atoms with Crippen LogP contribution in [0.5, 0.6) is 0 Å². The van der Waals surface area contributed by atoms with Gasteiger partial charge in [-0.3, -0.25) is 0 Å². The van der Waals surface area contributed by atoms with Crippen LogP contribution in [0, 0.1) is 11.8 Å². The first-order valence-electron chi connectivity index (χ1n) is 10.5. The minimum Gasteiger partial charge on any atom is -0.379 e. The van der Waals surface area contributed by atoms with Gasteiger partial charge in [-0.15, -0.1) is 0 Å². The molecule has 0 heterocycles. The number of rotatable bonds is 15. The van der Waals surface area contributed by atoms with E-state index in [1.807, 2.05) is 18.2 Å². The lowest BCUT2D eigenvalue weighted by Gasteiger charge is -2.06. The van der Waals surface area contributed by atoms with Gasteiger partial charge in [0.25, 0.3) is 0 Å². The van der Waals surface area contributed by atoms with Crippen molar-refractivity contribution in [2.45, 2.75) is 84.2 Å². The Hall–Kier alpha value is -0.910. The SMILES string of the molecule is CC(C)OCCCSCCCCCCCCCCC#Cc1ccccc1. The lowest BCUT2D eigenvalue weighted by atomic mass is 10.1. The first-order chi connectivity index (χ1) is 12.8. The van der Waals surface area contributed by atoms with E-state index in [2.05, 4.69) is 49.6 Å². The molecule has 1 aromatic rings. The van der Waals surface area contributed by atoms with Crippen molar-refractivity contribution in [3.8, 4) is 11.8 Å². The second kappa shape index (κ2) is 17.5. The van der Waals surface area contributed by atoms with Crippen LogP contribution in [0.25, 0.3) is 0 Å². The van der Waals surface area contributed by atoms with Crippen LogP contribution in [0.2, 0.25) is 0 Å². The van der Waals surface area contributed by atoms with Gasteiger partial charge < -0.3 is 4.74 Å². The Labute approximate surface area is 166 Å². The van der Waals surface area contributed by atoms with Crippen LogP contribution in [-0.2, 0) is 4.74 Å². The van der Waals surface area contributed by atoms with Crippen molar-refractivity contribution in [2.75, 3.05) is 18.1 Å². The minimum absolute atomic E-state index is 0.377. The zero-order chi connectivity index (χ0) is 18.7. The van der Waals surface area contributed by atoms with E-state index in [1.165, 1.54) is 69.3 Å². The van der Waals surface area contributed by atoms with Gasteiger partial charge in [0, 0.05) is 18.6 Å². The topological polar surface area (TPSA) is 9.23 Å². The highest BCUT2D eigenvalue weighted by molar-refractivity contribution is 7.99. The standard InChI is InChI=1S/C24H38OS/c1-23(2)25-20-16-22-26-21-15-10-8-6-4-3-5-7-9-12-17-24-18-13-11-14-19-24/h11,13-14,18-19,23H,3-10,15-16,20-22H2,1-2H3. The van der Waals surface area contributed by atoms with E-state index in [1.54, 1.807) is 0 Å². The summed E-state index contributed by atoms with van der Waals surface area (Å²) in [5, 5.41) is 0. The fourth-order valence-electron chi connectivity index (χ4n) is 2.75. The van der Waals surface area contributed by atoms with Crippen LogP contribution < -0.4 is 0 Å². The van der Waals surface area contributed by atoms with Gasteiger partial charge >= 0.3 is 0 Å². The Balaban J connectivity index is 1.75. The van der Waals surface area contributed by atoms with Crippen molar-refractivity contribution in [3.05, 3.63) is 35.9 Å². The molecule has 0 atom stereocenters. The third-order valence-electron chi connectivity index (χ3n) is 4.23. The van der Waals surface area contributed by atoms with Crippen LogP contribution in [0.1, 0.15) is 83.6 Å². The van der Waals surface area contributed by atoms with Crippen LogP contribution >= 0.6 is 11.8 Å². The largest absolute Gasteiger partial charge is 0.379 e. The molecular weight excluding hydrogens is 336 g/mol. The average molecular weight is 375 g/mol. The third-order valence-corrected chi connectivity index (χ3v) is 5.39. The molecule has 1 nitrogen and oxygen atoms in total. The molecule has 0 fully saturated rings. The maximum atomic E-state index is 5.55. The van der Waals surface area contributed by atoms with Crippen LogP contribution in [-0.4, -0.2) is 24.2 Å². The summed E-state index contributed by atoms with van der Waals surface area (Å²) in [5.74, 6) is 9.10. The molecule has 0 N–H and O–H groups in total. The van der Waals surface area contributed by atoms with Crippen molar-refractivity contribution in [1.29, 1.82) is 0 Å². The fraction of sp³-hybridized carbons (Fsp3) is 0.667. The van der Waals surface area contributed by atoms with Crippen LogP contribution in [0.4, 0.5) is 0 Å². The quantitative estimate of drug-likeness (QED) is 0.239. The zero-order valence-electron chi connectivity index (χ0n) is 17.0. The summed E-state index contributed by atoms with van der Waals surface area (Å²) < 4.78 is 5.55. The molecule has 0 unspecified atom stereocenters. The summed E-state index contributed by atoms with van der Waals surface area (Å²) in [6.45, 7) is 5.13. The van der Waals surface area contributed by atoms with E-state index >= 15 is 0 Å². The monoisotopic (exact) mass is 374 g/mol. The highest BCUT2D eigenvalue weighted by Crippen LogP contribution is 2.12. The molecular formula is C24H38OS. The van der Waals surface area contributed by atoms with Gasteiger partial charge in [0.05, 0.1) is 6.10 Å². The lowest BCUT2D eigenvalue weighted by molar-refractivity contribution is 0.0800. The molecule has 2 heteroatoms. The highest BCUT2D eigenvalue weighted by Gasteiger charge is 1.95. The molecule has 0 saturated carbocycles. The Morgan fingerprint density at radius 3 is 2.12 bits per heavy atom. The zero-order valence-corrected chi connectivity index (χ0v) is 17.8. The normalized spacial score (nSPS) is 10.7. The van der Waals surface area contributed by atoms with Gasteiger partial charge in [-0.1, -0.05) is 68.6 Å². The van der Waals surface area contributed by atoms with Gasteiger partial charge in [0.1, 0.15) is 0 Å². The maximum Gasteiger partial charge on any atom is 0.0518 e. The summed E-state index contributed by atoms with van der Waals surface area (Å²) in [6, 6.07) is 10.3. The van der Waals surface area contributed by atoms with E-state index in [-0.39, 0.29) is 0 Å². The molecule has 1 rings (SSSR count). The second-order valence-corrected chi connectivity index (χ2v) is 8.36. The van der Waals surface area contributed by atoms with Crippen molar-refractivity contribution >= 4 is 11.8 Å². The summed E-state index contributed by atoms with van der Waals surface area (Å²) in [6.07, 6.45) is 13.5. The molecule has 0 aliphatic carbocycles. The van der Waals surface area contributed by atoms with Gasteiger partial charge in [-0.2, -0.15) is 11.8 Å². The molecule has 26 heavy (non-hydrogen) atoms. The van der Waals surface area contributed by atoms with Gasteiger partial charge in [0.15, 0.2) is 0 Å². The van der Waals surface area contributed by atoms with Gasteiger partial charge in [-0.05, 0) is 56.7 Å². The van der Waals surface area contributed by atoms with Crippen molar-refractivity contribution in [3.63, 3.8) is 0 Å². The third kappa shape index (κ3) is 15.4. The molecule has 0 aliphatic rings. The molecule has 146 valence electrons. The molecule has 0 aliphatic heterocycles. The first kappa shape index (κ1) is 23.1. The second-order valence-electron chi connectivity index (χ2n) is 7.13. The summed E-state index contributed by atoms with van der Waals surface area (Å²) in [5.41, 5.74) is 1.13. The van der Waals surface area contributed by atoms with Crippen molar-refractivity contribution < 1.29 is 4.74 Å². The average Bonchev–Trinajstić information content (AvgIpc) is 2.65. The summed E-state index contributed by atoms with van der Waals surface area (Å²) in [7, 11) is 0. The molecule has 0 radical (unpaired) electrons. The number of thioether (sulfide) groups is 1. The van der Waals surface area contributed by atoms with E-state index in [4.69, 9.17) is 4.74 Å². The smallest absolute Gasteiger partial charge is 0.0518 e. The Morgan fingerprint density at radius 1 is 0.808 bits per heavy atom. The number of hydrogen-bond acceptors (Lipinski definition) is 2. The van der Waals surface area contributed by atoms with E-state index in [0.29, 0.717) is 6.10 Å². The van der Waals surface area contributed by atoms with E-state index in [9.17, 15) is 0 Å². The molecule has 0 bridgehead atoms. The van der Waals surface area contributed by atoms with E-state index in [0.717, 1.165) is 18.6 Å². The lowest BCUT2D eigenvalue weighted by Crippen LogP contribution is -2.04. The summed E-state index contributed by atoms with van der Waals surface area (Å²) in [4.78, 5) is 0. The Morgan fingerprint density at radius 2 is 1.42 bits per heavy atom.